The molecular weight excluding hydrogens is 364 g/mol. The highest BCUT2D eigenvalue weighted by molar-refractivity contribution is 7.15. The highest BCUT2D eigenvalue weighted by Gasteiger charge is 2.27. The highest BCUT2D eigenvalue weighted by atomic mass is 32.1. The smallest absolute Gasteiger partial charge is 0.265 e. The summed E-state index contributed by atoms with van der Waals surface area (Å²) in [6.45, 7) is 1.69. The molecule has 7 nitrogen and oxygen atoms in total. The SMILES string of the molecule is Cc1sc(-c2ccccn2)nc1-c1ccc2c(c1)N(CC(N)=O)C(=O)CO2. The van der Waals surface area contributed by atoms with Gasteiger partial charge in [0.1, 0.15) is 17.3 Å². The number of hydrogen-bond donors (Lipinski definition) is 1. The minimum absolute atomic E-state index is 0.112. The summed E-state index contributed by atoms with van der Waals surface area (Å²) in [5.41, 5.74) is 8.26. The number of thiazole rings is 1. The van der Waals surface area contributed by atoms with Gasteiger partial charge in [-0.15, -0.1) is 11.3 Å². The molecule has 4 rings (SSSR count). The van der Waals surface area contributed by atoms with Gasteiger partial charge in [0, 0.05) is 16.6 Å². The number of pyridine rings is 1. The van der Waals surface area contributed by atoms with Crippen molar-refractivity contribution in [3.05, 3.63) is 47.5 Å². The average molecular weight is 380 g/mol. The second-order valence-corrected chi connectivity index (χ2v) is 7.26. The van der Waals surface area contributed by atoms with Crippen LogP contribution in [0.3, 0.4) is 0 Å². The van der Waals surface area contributed by atoms with Gasteiger partial charge in [-0.25, -0.2) is 4.98 Å². The summed E-state index contributed by atoms with van der Waals surface area (Å²) in [7, 11) is 0. The number of primary amides is 1. The molecule has 8 heteroatoms. The normalized spacial score (nSPS) is 13.2. The van der Waals surface area contributed by atoms with Crippen molar-refractivity contribution in [3.63, 3.8) is 0 Å². The first-order valence-corrected chi connectivity index (χ1v) is 9.09. The molecule has 1 aromatic carbocycles. The Balaban J connectivity index is 1.76. The van der Waals surface area contributed by atoms with Crippen LogP contribution in [0.4, 0.5) is 5.69 Å². The number of hydrogen-bond acceptors (Lipinski definition) is 6. The number of carbonyl (C=O) groups is 2. The van der Waals surface area contributed by atoms with Crippen LogP contribution in [0.5, 0.6) is 5.75 Å². The first-order valence-electron chi connectivity index (χ1n) is 8.27. The molecule has 3 heterocycles. The minimum atomic E-state index is -0.580. The number of rotatable bonds is 4. The Morgan fingerprint density at radius 2 is 2.19 bits per heavy atom. The number of ether oxygens (including phenoxy) is 1. The van der Waals surface area contributed by atoms with Crippen LogP contribution in [-0.2, 0) is 9.59 Å². The van der Waals surface area contributed by atoms with Crippen LogP contribution in [0.25, 0.3) is 22.0 Å². The summed E-state index contributed by atoms with van der Waals surface area (Å²) in [5, 5.41) is 0.821. The molecule has 0 radical (unpaired) electrons. The van der Waals surface area contributed by atoms with Crippen molar-refractivity contribution in [2.75, 3.05) is 18.1 Å². The van der Waals surface area contributed by atoms with Crippen molar-refractivity contribution in [2.45, 2.75) is 6.92 Å². The first-order chi connectivity index (χ1) is 13.0. The number of nitrogens with two attached hydrogens (primary N) is 1. The van der Waals surface area contributed by atoms with Gasteiger partial charge < -0.3 is 10.5 Å². The lowest BCUT2D eigenvalue weighted by molar-refractivity contribution is -0.124. The quantitative estimate of drug-likeness (QED) is 0.749. The van der Waals surface area contributed by atoms with E-state index in [0.717, 1.165) is 26.8 Å². The number of amides is 2. The lowest BCUT2D eigenvalue weighted by Gasteiger charge is -2.28. The third-order valence-corrected chi connectivity index (χ3v) is 5.16. The maximum absolute atomic E-state index is 12.2. The van der Waals surface area contributed by atoms with E-state index in [1.807, 2.05) is 31.2 Å². The van der Waals surface area contributed by atoms with Gasteiger partial charge in [-0.3, -0.25) is 19.5 Å². The van der Waals surface area contributed by atoms with Gasteiger partial charge in [0.2, 0.25) is 5.91 Å². The topological polar surface area (TPSA) is 98.4 Å². The minimum Gasteiger partial charge on any atom is -0.482 e. The van der Waals surface area contributed by atoms with Crippen LogP contribution in [-0.4, -0.2) is 34.9 Å². The second kappa shape index (κ2) is 6.81. The maximum atomic E-state index is 12.2. The molecule has 136 valence electrons. The van der Waals surface area contributed by atoms with Crippen molar-refractivity contribution in [1.29, 1.82) is 0 Å². The van der Waals surface area contributed by atoms with Crippen molar-refractivity contribution in [3.8, 4) is 27.7 Å². The summed E-state index contributed by atoms with van der Waals surface area (Å²) in [4.78, 5) is 35.0. The van der Waals surface area contributed by atoms with Gasteiger partial charge in [0.15, 0.2) is 6.61 Å². The predicted molar refractivity (Wildman–Crippen MR) is 103 cm³/mol. The van der Waals surface area contributed by atoms with Gasteiger partial charge in [-0.05, 0) is 37.3 Å². The molecule has 0 fully saturated rings. The van der Waals surface area contributed by atoms with Crippen LogP contribution >= 0.6 is 11.3 Å². The van der Waals surface area contributed by atoms with E-state index in [0.29, 0.717) is 11.4 Å². The first kappa shape index (κ1) is 17.2. The molecule has 0 saturated carbocycles. The summed E-state index contributed by atoms with van der Waals surface area (Å²) in [5.74, 6) is -0.344. The van der Waals surface area contributed by atoms with Crippen LogP contribution in [0.2, 0.25) is 0 Å². The van der Waals surface area contributed by atoms with E-state index in [1.165, 1.54) is 4.90 Å². The van der Waals surface area contributed by atoms with E-state index in [1.54, 1.807) is 29.7 Å². The van der Waals surface area contributed by atoms with Gasteiger partial charge in [-0.1, -0.05) is 6.07 Å². The number of aromatic nitrogens is 2. The Morgan fingerprint density at radius 1 is 1.33 bits per heavy atom. The molecule has 0 bridgehead atoms. The standard InChI is InChI=1S/C19H16N4O3S/c1-11-18(22-19(27-11)13-4-2-3-7-21-13)12-5-6-15-14(8-12)23(9-16(20)24)17(25)10-26-15/h2-8H,9-10H2,1H3,(H2,20,24). The Morgan fingerprint density at radius 3 is 2.93 bits per heavy atom. The molecule has 2 aromatic heterocycles. The van der Waals surface area contributed by atoms with E-state index >= 15 is 0 Å². The predicted octanol–water partition coefficient (Wildman–Crippen LogP) is 2.39. The molecule has 2 amide bonds. The summed E-state index contributed by atoms with van der Waals surface area (Å²) in [6, 6.07) is 11.2. The van der Waals surface area contributed by atoms with Crippen molar-refractivity contribution in [1.82, 2.24) is 9.97 Å². The van der Waals surface area contributed by atoms with E-state index in [4.69, 9.17) is 15.5 Å². The molecule has 27 heavy (non-hydrogen) atoms. The molecule has 0 saturated heterocycles. The number of nitrogens with zero attached hydrogens (tertiary/aromatic N) is 3. The molecular formula is C19H16N4O3S. The molecule has 0 unspecified atom stereocenters. The van der Waals surface area contributed by atoms with E-state index < -0.39 is 5.91 Å². The molecule has 3 aromatic rings. The fraction of sp³-hybridized carbons (Fsp3) is 0.158. The lowest BCUT2D eigenvalue weighted by Crippen LogP contribution is -2.43. The second-order valence-electron chi connectivity index (χ2n) is 6.06. The Bertz CT molecular complexity index is 1030. The Labute approximate surface area is 159 Å². The highest BCUT2D eigenvalue weighted by Crippen LogP contribution is 2.38. The van der Waals surface area contributed by atoms with E-state index in [2.05, 4.69) is 4.98 Å². The Hall–Kier alpha value is -3.26. The third-order valence-electron chi connectivity index (χ3n) is 4.17. The fourth-order valence-electron chi connectivity index (χ4n) is 2.94. The Kier molecular flexibility index (Phi) is 4.33. The third kappa shape index (κ3) is 3.26. The summed E-state index contributed by atoms with van der Waals surface area (Å²) in [6.07, 6.45) is 1.73. The van der Waals surface area contributed by atoms with Crippen LogP contribution < -0.4 is 15.4 Å². The average Bonchev–Trinajstić information content (AvgIpc) is 3.06. The summed E-state index contributed by atoms with van der Waals surface area (Å²) < 4.78 is 5.47. The zero-order chi connectivity index (χ0) is 19.0. The van der Waals surface area contributed by atoms with Crippen LogP contribution in [0.1, 0.15) is 4.88 Å². The zero-order valence-corrected chi connectivity index (χ0v) is 15.3. The van der Waals surface area contributed by atoms with Gasteiger partial charge >= 0.3 is 0 Å². The van der Waals surface area contributed by atoms with Gasteiger partial charge in [0.05, 0.1) is 17.1 Å². The molecule has 0 atom stereocenters. The lowest BCUT2D eigenvalue weighted by atomic mass is 10.1. The number of benzene rings is 1. The van der Waals surface area contributed by atoms with Gasteiger partial charge in [0.25, 0.3) is 5.91 Å². The number of carbonyl (C=O) groups excluding carboxylic acids is 2. The number of fused-ring (bicyclic) bond motifs is 1. The maximum Gasteiger partial charge on any atom is 0.265 e. The molecule has 1 aliphatic rings. The summed E-state index contributed by atoms with van der Waals surface area (Å²) >= 11 is 1.55. The van der Waals surface area contributed by atoms with E-state index in [-0.39, 0.29) is 19.1 Å². The molecule has 0 spiro atoms. The van der Waals surface area contributed by atoms with Crippen molar-refractivity contribution in [2.24, 2.45) is 5.73 Å². The van der Waals surface area contributed by atoms with Crippen molar-refractivity contribution >= 4 is 28.8 Å². The van der Waals surface area contributed by atoms with Crippen LogP contribution in [0.15, 0.2) is 42.6 Å². The molecule has 0 aliphatic carbocycles. The van der Waals surface area contributed by atoms with E-state index in [9.17, 15) is 9.59 Å². The molecule has 1 aliphatic heterocycles. The monoisotopic (exact) mass is 380 g/mol. The van der Waals surface area contributed by atoms with Crippen molar-refractivity contribution < 1.29 is 14.3 Å². The largest absolute Gasteiger partial charge is 0.482 e. The van der Waals surface area contributed by atoms with Gasteiger partial charge in [-0.2, -0.15) is 0 Å². The number of aryl methyl sites for hydroxylation is 1. The van der Waals surface area contributed by atoms with Crippen LogP contribution in [0, 0.1) is 6.92 Å². The molecule has 2 N–H and O–H groups in total. The fourth-order valence-corrected chi connectivity index (χ4v) is 3.85. The zero-order valence-electron chi connectivity index (χ0n) is 14.5. The number of anilines is 1.